The van der Waals surface area contributed by atoms with Gasteiger partial charge in [0.05, 0.1) is 12.2 Å². The van der Waals surface area contributed by atoms with Crippen molar-refractivity contribution < 1.29 is 9.53 Å². The molecule has 0 atom stereocenters. The number of carbonyl (C=O) groups excluding carboxylic acids is 1. The van der Waals surface area contributed by atoms with Gasteiger partial charge >= 0.3 is 5.97 Å². The molecule has 1 N–H and O–H groups in total. The molecule has 0 bridgehead atoms. The standard InChI is InChI=1S/C13H18N2O2/c1-2-17-13(16)11-3-4-12(15-9-11)10-5-7-14-8-6-10/h3-4,9-10,14H,2,5-8H2,1H3. The van der Waals surface area contributed by atoms with Crippen molar-refractivity contribution >= 4 is 5.97 Å². The number of nitrogens with one attached hydrogen (secondary N) is 1. The highest BCUT2D eigenvalue weighted by molar-refractivity contribution is 5.88. The smallest absolute Gasteiger partial charge is 0.339 e. The molecule has 0 aromatic carbocycles. The topological polar surface area (TPSA) is 51.2 Å². The number of pyridine rings is 1. The van der Waals surface area contributed by atoms with Crippen LogP contribution in [0.15, 0.2) is 18.3 Å². The highest BCUT2D eigenvalue weighted by Gasteiger charge is 2.16. The van der Waals surface area contributed by atoms with Crippen molar-refractivity contribution in [2.45, 2.75) is 25.7 Å². The summed E-state index contributed by atoms with van der Waals surface area (Å²) in [7, 11) is 0. The summed E-state index contributed by atoms with van der Waals surface area (Å²) in [6.45, 7) is 4.29. The highest BCUT2D eigenvalue weighted by Crippen LogP contribution is 2.23. The molecule has 1 aromatic heterocycles. The lowest BCUT2D eigenvalue weighted by atomic mass is 9.94. The molecule has 2 heterocycles. The van der Waals surface area contributed by atoms with E-state index >= 15 is 0 Å². The number of carbonyl (C=O) groups is 1. The van der Waals surface area contributed by atoms with Gasteiger partial charge in [0.1, 0.15) is 0 Å². The van der Waals surface area contributed by atoms with Crippen molar-refractivity contribution in [1.29, 1.82) is 0 Å². The first kappa shape index (κ1) is 12.0. The van der Waals surface area contributed by atoms with E-state index < -0.39 is 0 Å². The van der Waals surface area contributed by atoms with Crippen LogP contribution in [0, 0.1) is 0 Å². The predicted octanol–water partition coefficient (Wildman–Crippen LogP) is 1.73. The maximum Gasteiger partial charge on any atom is 0.339 e. The molecule has 1 aliphatic heterocycles. The Labute approximate surface area is 101 Å². The van der Waals surface area contributed by atoms with Crippen LogP contribution in [-0.4, -0.2) is 30.6 Å². The van der Waals surface area contributed by atoms with E-state index in [-0.39, 0.29) is 5.97 Å². The summed E-state index contributed by atoms with van der Waals surface area (Å²) in [6.07, 6.45) is 3.85. The number of aromatic nitrogens is 1. The van der Waals surface area contributed by atoms with E-state index in [0.717, 1.165) is 31.6 Å². The third-order valence-corrected chi connectivity index (χ3v) is 3.05. The molecule has 0 amide bonds. The Morgan fingerprint density at radius 2 is 2.24 bits per heavy atom. The van der Waals surface area contributed by atoms with Gasteiger partial charge in [-0.1, -0.05) is 0 Å². The van der Waals surface area contributed by atoms with Gasteiger partial charge in [0.2, 0.25) is 0 Å². The molecule has 0 unspecified atom stereocenters. The number of piperidine rings is 1. The average molecular weight is 234 g/mol. The minimum Gasteiger partial charge on any atom is -0.462 e. The molecular formula is C13H18N2O2. The molecule has 17 heavy (non-hydrogen) atoms. The van der Waals surface area contributed by atoms with Crippen molar-refractivity contribution in [1.82, 2.24) is 10.3 Å². The molecule has 4 heteroatoms. The molecule has 0 saturated carbocycles. The summed E-state index contributed by atoms with van der Waals surface area (Å²) in [4.78, 5) is 15.8. The van der Waals surface area contributed by atoms with Crippen LogP contribution in [0.4, 0.5) is 0 Å². The van der Waals surface area contributed by atoms with E-state index in [9.17, 15) is 4.79 Å². The monoisotopic (exact) mass is 234 g/mol. The minimum atomic E-state index is -0.295. The Morgan fingerprint density at radius 1 is 1.47 bits per heavy atom. The predicted molar refractivity (Wildman–Crippen MR) is 65.0 cm³/mol. The van der Waals surface area contributed by atoms with Gasteiger partial charge in [0, 0.05) is 17.8 Å². The highest BCUT2D eigenvalue weighted by atomic mass is 16.5. The third kappa shape index (κ3) is 3.03. The molecule has 1 aromatic rings. The summed E-state index contributed by atoms with van der Waals surface area (Å²) in [6, 6.07) is 3.75. The zero-order valence-corrected chi connectivity index (χ0v) is 10.1. The summed E-state index contributed by atoms with van der Waals surface area (Å²) in [5, 5.41) is 3.33. The van der Waals surface area contributed by atoms with Crippen LogP contribution >= 0.6 is 0 Å². The molecule has 1 fully saturated rings. The van der Waals surface area contributed by atoms with Crippen molar-refractivity contribution in [3.63, 3.8) is 0 Å². The third-order valence-electron chi connectivity index (χ3n) is 3.05. The normalized spacial score (nSPS) is 16.8. The van der Waals surface area contributed by atoms with Crippen LogP contribution in [-0.2, 0) is 4.74 Å². The Balaban J connectivity index is 2.04. The largest absolute Gasteiger partial charge is 0.462 e. The van der Waals surface area contributed by atoms with Crippen LogP contribution in [0.3, 0.4) is 0 Å². The Hall–Kier alpha value is -1.42. The fourth-order valence-corrected chi connectivity index (χ4v) is 2.10. The molecule has 1 aliphatic rings. The molecular weight excluding hydrogens is 216 g/mol. The Morgan fingerprint density at radius 3 is 2.82 bits per heavy atom. The minimum absolute atomic E-state index is 0.295. The second-order valence-electron chi connectivity index (χ2n) is 4.22. The van der Waals surface area contributed by atoms with E-state index in [0.29, 0.717) is 18.1 Å². The summed E-state index contributed by atoms with van der Waals surface area (Å²) in [5.74, 6) is 0.226. The summed E-state index contributed by atoms with van der Waals surface area (Å²) in [5.41, 5.74) is 1.61. The Bertz CT molecular complexity index is 370. The maximum absolute atomic E-state index is 11.5. The van der Waals surface area contributed by atoms with Gasteiger partial charge in [0.15, 0.2) is 0 Å². The lowest BCUT2D eigenvalue weighted by molar-refractivity contribution is 0.0526. The van der Waals surface area contributed by atoms with Gasteiger partial charge in [-0.2, -0.15) is 0 Å². The number of hydrogen-bond acceptors (Lipinski definition) is 4. The van der Waals surface area contributed by atoms with Gasteiger partial charge in [-0.3, -0.25) is 4.98 Å². The molecule has 2 rings (SSSR count). The maximum atomic E-state index is 11.5. The lowest BCUT2D eigenvalue weighted by Crippen LogP contribution is -2.27. The van der Waals surface area contributed by atoms with Crippen molar-refractivity contribution in [3.05, 3.63) is 29.6 Å². The van der Waals surface area contributed by atoms with Gasteiger partial charge in [0.25, 0.3) is 0 Å². The van der Waals surface area contributed by atoms with E-state index in [2.05, 4.69) is 10.3 Å². The fourth-order valence-electron chi connectivity index (χ4n) is 2.10. The van der Waals surface area contributed by atoms with Crippen LogP contribution < -0.4 is 5.32 Å². The van der Waals surface area contributed by atoms with Gasteiger partial charge in [-0.05, 0) is 45.0 Å². The SMILES string of the molecule is CCOC(=O)c1ccc(C2CCNCC2)nc1. The van der Waals surface area contributed by atoms with Crippen LogP contribution in [0.2, 0.25) is 0 Å². The number of hydrogen-bond donors (Lipinski definition) is 1. The molecule has 0 radical (unpaired) electrons. The average Bonchev–Trinajstić information content (AvgIpc) is 2.40. The van der Waals surface area contributed by atoms with Gasteiger partial charge in [-0.15, -0.1) is 0 Å². The lowest BCUT2D eigenvalue weighted by Gasteiger charge is -2.21. The van der Waals surface area contributed by atoms with Crippen LogP contribution in [0.25, 0.3) is 0 Å². The van der Waals surface area contributed by atoms with Crippen molar-refractivity contribution in [2.24, 2.45) is 0 Å². The van der Waals surface area contributed by atoms with Crippen molar-refractivity contribution in [2.75, 3.05) is 19.7 Å². The van der Waals surface area contributed by atoms with Gasteiger partial charge in [-0.25, -0.2) is 4.79 Å². The van der Waals surface area contributed by atoms with Crippen molar-refractivity contribution in [3.8, 4) is 0 Å². The Kier molecular flexibility index (Phi) is 4.09. The number of nitrogens with zero attached hydrogens (tertiary/aromatic N) is 1. The molecule has 0 spiro atoms. The second kappa shape index (κ2) is 5.77. The molecule has 92 valence electrons. The fraction of sp³-hybridized carbons (Fsp3) is 0.538. The van der Waals surface area contributed by atoms with E-state index in [1.165, 1.54) is 0 Å². The second-order valence-corrected chi connectivity index (χ2v) is 4.22. The van der Waals surface area contributed by atoms with E-state index in [1.54, 1.807) is 13.1 Å². The number of rotatable bonds is 3. The van der Waals surface area contributed by atoms with Gasteiger partial charge < -0.3 is 10.1 Å². The first-order valence-corrected chi connectivity index (χ1v) is 6.15. The quantitative estimate of drug-likeness (QED) is 0.809. The first-order valence-electron chi connectivity index (χ1n) is 6.15. The molecule has 1 saturated heterocycles. The van der Waals surface area contributed by atoms with Crippen LogP contribution in [0.5, 0.6) is 0 Å². The summed E-state index contributed by atoms with van der Waals surface area (Å²) >= 11 is 0. The molecule has 0 aliphatic carbocycles. The van der Waals surface area contributed by atoms with E-state index in [1.807, 2.05) is 12.1 Å². The van der Waals surface area contributed by atoms with Crippen LogP contribution in [0.1, 0.15) is 41.7 Å². The number of esters is 1. The zero-order valence-electron chi connectivity index (χ0n) is 10.1. The number of ether oxygens (including phenoxy) is 1. The summed E-state index contributed by atoms with van der Waals surface area (Å²) < 4.78 is 4.92. The zero-order chi connectivity index (χ0) is 12.1. The molecule has 4 nitrogen and oxygen atoms in total. The van der Waals surface area contributed by atoms with E-state index in [4.69, 9.17) is 4.74 Å². The first-order chi connectivity index (χ1) is 8.31.